The maximum absolute atomic E-state index is 9.92. The zero-order valence-electron chi connectivity index (χ0n) is 11.5. The number of likely N-dealkylation sites (N-methyl/N-ethyl adjacent to an activating group) is 1. The van der Waals surface area contributed by atoms with Gasteiger partial charge in [0.15, 0.2) is 0 Å². The van der Waals surface area contributed by atoms with Gasteiger partial charge in [0.25, 0.3) is 0 Å². The lowest BCUT2D eigenvalue weighted by Crippen LogP contribution is -2.33. The molecule has 0 saturated heterocycles. The normalized spacial score (nSPS) is 12.9. The summed E-state index contributed by atoms with van der Waals surface area (Å²) in [7, 11) is 0. The summed E-state index contributed by atoms with van der Waals surface area (Å²) in [6.07, 6.45) is 0.884. The van der Waals surface area contributed by atoms with Gasteiger partial charge in [0.05, 0.1) is 6.10 Å². The number of hydrogen-bond acceptors (Lipinski definition) is 3. The van der Waals surface area contributed by atoms with Gasteiger partial charge >= 0.3 is 0 Å². The molecule has 1 N–H and O–H groups in total. The van der Waals surface area contributed by atoms with E-state index in [2.05, 4.69) is 43.0 Å². The molecule has 0 bridgehead atoms. The third kappa shape index (κ3) is 6.43. The smallest absolute Gasteiger partial charge is 0.0757 e. The lowest BCUT2D eigenvalue weighted by Gasteiger charge is -2.21. The molecule has 0 aliphatic heterocycles. The molecule has 18 heavy (non-hydrogen) atoms. The van der Waals surface area contributed by atoms with Crippen LogP contribution in [0.15, 0.2) is 30.3 Å². The number of benzene rings is 1. The van der Waals surface area contributed by atoms with Crippen molar-refractivity contribution in [3.8, 4) is 0 Å². The van der Waals surface area contributed by atoms with Gasteiger partial charge in [-0.2, -0.15) is 11.8 Å². The van der Waals surface area contributed by atoms with Gasteiger partial charge in [-0.3, -0.25) is 0 Å². The number of aliphatic hydroxyl groups excluding tert-OH is 1. The van der Waals surface area contributed by atoms with Crippen molar-refractivity contribution in [2.24, 2.45) is 0 Å². The van der Waals surface area contributed by atoms with Gasteiger partial charge in [-0.05, 0) is 30.8 Å². The maximum atomic E-state index is 9.92. The van der Waals surface area contributed by atoms with Crippen LogP contribution >= 0.6 is 11.8 Å². The highest BCUT2D eigenvalue weighted by atomic mass is 32.2. The second kappa shape index (κ2) is 9.42. The Labute approximate surface area is 115 Å². The Morgan fingerprint density at radius 1 is 1.17 bits per heavy atom. The van der Waals surface area contributed by atoms with Crippen LogP contribution in [0, 0.1) is 0 Å². The molecule has 0 aliphatic carbocycles. The van der Waals surface area contributed by atoms with Crippen LogP contribution in [-0.2, 0) is 6.42 Å². The van der Waals surface area contributed by atoms with Crippen LogP contribution in [0.2, 0.25) is 0 Å². The molecule has 1 unspecified atom stereocenters. The fourth-order valence-electron chi connectivity index (χ4n) is 1.89. The minimum Gasteiger partial charge on any atom is -0.391 e. The summed E-state index contributed by atoms with van der Waals surface area (Å²) in [6, 6.07) is 10.5. The highest BCUT2D eigenvalue weighted by Gasteiger charge is 2.08. The first-order valence-corrected chi connectivity index (χ1v) is 7.93. The molecular weight excluding hydrogens is 242 g/mol. The lowest BCUT2D eigenvalue weighted by atomic mass is 10.2. The highest BCUT2D eigenvalue weighted by Crippen LogP contribution is 2.09. The summed E-state index contributed by atoms with van der Waals surface area (Å²) in [5.41, 5.74) is 1.38. The fourth-order valence-corrected chi connectivity index (χ4v) is 2.81. The minimum absolute atomic E-state index is 0.203. The predicted octanol–water partition coefficient (Wildman–Crippen LogP) is 2.67. The molecule has 0 saturated carbocycles. The molecule has 3 heteroatoms. The molecule has 2 nitrogen and oxygen atoms in total. The molecule has 1 aromatic rings. The Morgan fingerprint density at radius 2 is 1.83 bits per heavy atom. The summed E-state index contributed by atoms with van der Waals surface area (Å²) in [6.45, 7) is 7.10. The van der Waals surface area contributed by atoms with Gasteiger partial charge in [-0.15, -0.1) is 0 Å². The molecule has 0 amide bonds. The van der Waals surface area contributed by atoms with Crippen molar-refractivity contribution in [3.63, 3.8) is 0 Å². The number of aliphatic hydroxyl groups is 1. The van der Waals surface area contributed by atoms with Gasteiger partial charge < -0.3 is 10.0 Å². The molecule has 1 atom stereocenters. The van der Waals surface area contributed by atoms with Crippen LogP contribution in [0.25, 0.3) is 0 Å². The van der Waals surface area contributed by atoms with E-state index in [-0.39, 0.29) is 6.10 Å². The maximum Gasteiger partial charge on any atom is 0.0757 e. The van der Waals surface area contributed by atoms with Crippen LogP contribution in [-0.4, -0.2) is 47.3 Å². The number of nitrogens with zero attached hydrogens (tertiary/aromatic N) is 1. The van der Waals surface area contributed by atoms with E-state index < -0.39 is 0 Å². The third-order valence-electron chi connectivity index (χ3n) is 3.05. The number of hydrogen-bond donors (Lipinski definition) is 1. The second-order valence-corrected chi connectivity index (χ2v) is 5.60. The Hall–Kier alpha value is -0.510. The van der Waals surface area contributed by atoms with Crippen molar-refractivity contribution in [3.05, 3.63) is 35.9 Å². The Bertz CT molecular complexity index is 301. The highest BCUT2D eigenvalue weighted by molar-refractivity contribution is 7.99. The number of rotatable bonds is 9. The van der Waals surface area contributed by atoms with E-state index in [1.165, 1.54) is 5.56 Å². The summed E-state index contributed by atoms with van der Waals surface area (Å²) < 4.78 is 0. The molecule has 102 valence electrons. The van der Waals surface area contributed by atoms with Gasteiger partial charge in [-0.25, -0.2) is 0 Å². The minimum atomic E-state index is -0.203. The molecule has 0 radical (unpaired) electrons. The van der Waals surface area contributed by atoms with E-state index in [1.807, 2.05) is 17.8 Å². The molecule has 0 aromatic heterocycles. The van der Waals surface area contributed by atoms with Gasteiger partial charge in [0.2, 0.25) is 0 Å². The lowest BCUT2D eigenvalue weighted by molar-refractivity contribution is 0.137. The molecular formula is C15H25NOS. The largest absolute Gasteiger partial charge is 0.391 e. The van der Waals surface area contributed by atoms with Crippen molar-refractivity contribution >= 4 is 11.8 Å². The zero-order chi connectivity index (χ0) is 13.2. The first-order chi connectivity index (χ1) is 8.76. The van der Waals surface area contributed by atoms with E-state index in [0.717, 1.165) is 37.6 Å². The molecule has 1 rings (SSSR count). The molecule has 0 fully saturated rings. The average Bonchev–Trinajstić information content (AvgIpc) is 2.42. The zero-order valence-corrected chi connectivity index (χ0v) is 12.3. The number of thioether (sulfide) groups is 1. The average molecular weight is 267 g/mol. The molecule has 0 aliphatic rings. The Balaban J connectivity index is 2.10. The first kappa shape index (κ1) is 15.5. The van der Waals surface area contributed by atoms with E-state index in [1.54, 1.807) is 0 Å². The van der Waals surface area contributed by atoms with Crippen molar-refractivity contribution in [2.45, 2.75) is 26.4 Å². The van der Waals surface area contributed by atoms with Crippen molar-refractivity contribution in [2.75, 3.05) is 31.1 Å². The Kier molecular flexibility index (Phi) is 8.14. The van der Waals surface area contributed by atoms with Crippen molar-refractivity contribution in [1.29, 1.82) is 0 Å². The van der Waals surface area contributed by atoms with E-state index in [0.29, 0.717) is 0 Å². The van der Waals surface area contributed by atoms with Crippen LogP contribution < -0.4 is 0 Å². The SMILES string of the molecule is CCN(CC)CC(O)CSCCc1ccccc1. The summed E-state index contributed by atoms with van der Waals surface area (Å²) >= 11 is 1.84. The van der Waals surface area contributed by atoms with Crippen molar-refractivity contribution < 1.29 is 5.11 Å². The fraction of sp³-hybridized carbons (Fsp3) is 0.600. The molecule has 1 aromatic carbocycles. The van der Waals surface area contributed by atoms with Gasteiger partial charge in [-0.1, -0.05) is 44.2 Å². The second-order valence-electron chi connectivity index (χ2n) is 4.45. The third-order valence-corrected chi connectivity index (χ3v) is 4.16. The standard InChI is InChI=1S/C15H25NOS/c1-3-16(4-2)12-15(17)13-18-11-10-14-8-6-5-7-9-14/h5-9,15,17H,3-4,10-13H2,1-2H3. The van der Waals surface area contributed by atoms with E-state index in [9.17, 15) is 5.11 Å². The van der Waals surface area contributed by atoms with Gasteiger partial charge in [0.1, 0.15) is 0 Å². The predicted molar refractivity (Wildman–Crippen MR) is 81.3 cm³/mol. The monoisotopic (exact) mass is 267 g/mol. The summed E-state index contributed by atoms with van der Waals surface area (Å²) in [5, 5.41) is 9.92. The van der Waals surface area contributed by atoms with Crippen LogP contribution in [0.3, 0.4) is 0 Å². The van der Waals surface area contributed by atoms with Gasteiger partial charge in [0, 0.05) is 12.3 Å². The Morgan fingerprint density at radius 3 is 2.44 bits per heavy atom. The van der Waals surface area contributed by atoms with Crippen LogP contribution in [0.1, 0.15) is 19.4 Å². The summed E-state index contributed by atoms with van der Waals surface area (Å²) in [4.78, 5) is 2.27. The first-order valence-electron chi connectivity index (χ1n) is 6.78. The molecule has 0 spiro atoms. The van der Waals surface area contributed by atoms with Crippen LogP contribution in [0.5, 0.6) is 0 Å². The molecule has 0 heterocycles. The topological polar surface area (TPSA) is 23.5 Å². The number of aryl methyl sites for hydroxylation is 1. The summed E-state index contributed by atoms with van der Waals surface area (Å²) in [5.74, 6) is 1.92. The van der Waals surface area contributed by atoms with E-state index >= 15 is 0 Å². The van der Waals surface area contributed by atoms with E-state index in [4.69, 9.17) is 0 Å². The van der Waals surface area contributed by atoms with Crippen LogP contribution in [0.4, 0.5) is 0 Å². The van der Waals surface area contributed by atoms with Crippen molar-refractivity contribution in [1.82, 2.24) is 4.90 Å². The quantitative estimate of drug-likeness (QED) is 0.696.